The van der Waals surface area contributed by atoms with Crippen LogP contribution in [0.1, 0.15) is 53.0 Å². The summed E-state index contributed by atoms with van der Waals surface area (Å²) in [6.07, 6.45) is 2.48. The van der Waals surface area contributed by atoms with Gasteiger partial charge < -0.3 is 10.2 Å². The summed E-state index contributed by atoms with van der Waals surface area (Å²) >= 11 is 6.52. The molecule has 3 heteroatoms. The Labute approximate surface area is 128 Å². The largest absolute Gasteiger partial charge is 0.365 e. The van der Waals surface area contributed by atoms with Crippen LogP contribution in [0, 0.1) is 0 Å². The second-order valence-corrected chi connectivity index (χ2v) is 7.86. The molecule has 112 valence electrons. The van der Waals surface area contributed by atoms with Gasteiger partial charge in [-0.2, -0.15) is 0 Å². The minimum absolute atomic E-state index is 0.127. The number of hydrogen-bond donors (Lipinski definition) is 1. The Bertz CT molecular complexity index is 474. The molecular weight excluding hydrogens is 268 g/mol. The Morgan fingerprint density at radius 1 is 1.30 bits per heavy atom. The van der Waals surface area contributed by atoms with E-state index in [0.717, 1.165) is 18.1 Å². The van der Waals surface area contributed by atoms with Gasteiger partial charge in [0.05, 0.1) is 10.7 Å². The molecule has 2 nitrogen and oxygen atoms in total. The maximum atomic E-state index is 6.52. The zero-order valence-corrected chi connectivity index (χ0v) is 14.1. The second-order valence-electron chi connectivity index (χ2n) is 7.46. The van der Waals surface area contributed by atoms with E-state index in [1.165, 1.54) is 24.1 Å². The second kappa shape index (κ2) is 5.57. The molecular formula is C17H27ClN2. The van der Waals surface area contributed by atoms with Crippen LogP contribution < -0.4 is 10.2 Å². The number of anilines is 1. The number of rotatable bonds is 3. The van der Waals surface area contributed by atoms with E-state index in [1.807, 2.05) is 0 Å². The lowest BCUT2D eigenvalue weighted by molar-refractivity contribution is 0.424. The molecule has 0 aromatic heterocycles. The van der Waals surface area contributed by atoms with E-state index in [-0.39, 0.29) is 11.1 Å². The maximum absolute atomic E-state index is 6.52. The van der Waals surface area contributed by atoms with Gasteiger partial charge in [-0.1, -0.05) is 17.7 Å². The fourth-order valence-corrected chi connectivity index (χ4v) is 3.11. The van der Waals surface area contributed by atoms with Crippen molar-refractivity contribution in [2.75, 3.05) is 11.4 Å². The zero-order chi connectivity index (χ0) is 15.0. The standard InChI is InChI=1S/C17H27ClN2/c1-16(2,3)19-12-13-7-8-15(14(18)11-13)20-10-6-9-17(20,4)5/h7-8,11,19H,6,9-10,12H2,1-5H3. The summed E-state index contributed by atoms with van der Waals surface area (Å²) in [7, 11) is 0. The highest BCUT2D eigenvalue weighted by atomic mass is 35.5. The molecule has 1 saturated heterocycles. The Morgan fingerprint density at radius 2 is 2.00 bits per heavy atom. The van der Waals surface area contributed by atoms with Crippen molar-refractivity contribution in [3.63, 3.8) is 0 Å². The fourth-order valence-electron chi connectivity index (χ4n) is 2.80. The third kappa shape index (κ3) is 3.67. The van der Waals surface area contributed by atoms with Crippen molar-refractivity contribution in [2.24, 2.45) is 0 Å². The number of hydrogen-bond acceptors (Lipinski definition) is 2. The van der Waals surface area contributed by atoms with Gasteiger partial charge in [-0.15, -0.1) is 0 Å². The van der Waals surface area contributed by atoms with Crippen molar-refractivity contribution < 1.29 is 0 Å². The number of halogens is 1. The van der Waals surface area contributed by atoms with Crippen molar-refractivity contribution in [1.29, 1.82) is 0 Å². The molecule has 0 atom stereocenters. The van der Waals surface area contributed by atoms with E-state index < -0.39 is 0 Å². The smallest absolute Gasteiger partial charge is 0.0642 e. The minimum Gasteiger partial charge on any atom is -0.365 e. The van der Waals surface area contributed by atoms with E-state index in [2.05, 4.69) is 63.0 Å². The predicted molar refractivity (Wildman–Crippen MR) is 88.7 cm³/mol. The maximum Gasteiger partial charge on any atom is 0.0642 e. The number of nitrogens with zero attached hydrogens (tertiary/aromatic N) is 1. The molecule has 1 aliphatic heterocycles. The summed E-state index contributed by atoms with van der Waals surface area (Å²) in [6.45, 7) is 13.1. The van der Waals surface area contributed by atoms with Crippen molar-refractivity contribution in [2.45, 2.75) is 65.1 Å². The van der Waals surface area contributed by atoms with Crippen LogP contribution in [0.5, 0.6) is 0 Å². The molecule has 1 aliphatic rings. The van der Waals surface area contributed by atoms with Gasteiger partial charge in [0, 0.05) is 24.2 Å². The topological polar surface area (TPSA) is 15.3 Å². The Hall–Kier alpha value is -0.730. The van der Waals surface area contributed by atoms with Gasteiger partial charge >= 0.3 is 0 Å². The average Bonchev–Trinajstić information content (AvgIpc) is 2.66. The van der Waals surface area contributed by atoms with Crippen LogP contribution in [0.3, 0.4) is 0 Å². The van der Waals surface area contributed by atoms with E-state index in [1.54, 1.807) is 0 Å². The Kier molecular flexibility index (Phi) is 4.36. The molecule has 2 rings (SSSR count). The Morgan fingerprint density at radius 3 is 2.50 bits per heavy atom. The quantitative estimate of drug-likeness (QED) is 0.876. The molecule has 1 N–H and O–H groups in total. The molecule has 0 unspecified atom stereocenters. The highest BCUT2D eigenvalue weighted by Gasteiger charge is 2.32. The normalized spacial score (nSPS) is 18.6. The lowest BCUT2D eigenvalue weighted by atomic mass is 10.0. The van der Waals surface area contributed by atoms with Gasteiger partial charge in [0.2, 0.25) is 0 Å². The summed E-state index contributed by atoms with van der Waals surface area (Å²) in [5.74, 6) is 0. The first-order valence-electron chi connectivity index (χ1n) is 7.50. The van der Waals surface area contributed by atoms with Crippen molar-refractivity contribution >= 4 is 17.3 Å². The lowest BCUT2D eigenvalue weighted by Gasteiger charge is -2.34. The number of nitrogens with one attached hydrogen (secondary N) is 1. The van der Waals surface area contributed by atoms with Gasteiger partial charge in [0.15, 0.2) is 0 Å². The first kappa shape index (κ1) is 15.7. The number of benzene rings is 1. The molecule has 20 heavy (non-hydrogen) atoms. The van der Waals surface area contributed by atoms with E-state index in [0.29, 0.717) is 0 Å². The van der Waals surface area contributed by atoms with E-state index >= 15 is 0 Å². The van der Waals surface area contributed by atoms with Gasteiger partial charge in [-0.05, 0) is 65.2 Å². The van der Waals surface area contributed by atoms with Gasteiger partial charge in [-0.25, -0.2) is 0 Å². The molecule has 1 aromatic carbocycles. The van der Waals surface area contributed by atoms with Crippen LogP contribution in [0.15, 0.2) is 18.2 Å². The van der Waals surface area contributed by atoms with Gasteiger partial charge in [0.1, 0.15) is 0 Å². The van der Waals surface area contributed by atoms with Crippen molar-refractivity contribution in [1.82, 2.24) is 5.32 Å². The molecule has 0 radical (unpaired) electrons. The lowest BCUT2D eigenvalue weighted by Crippen LogP contribution is -2.38. The SMILES string of the molecule is CC(C)(C)NCc1ccc(N2CCCC2(C)C)c(Cl)c1. The average molecular weight is 295 g/mol. The van der Waals surface area contributed by atoms with Crippen molar-refractivity contribution in [3.8, 4) is 0 Å². The third-order valence-electron chi connectivity index (χ3n) is 4.03. The monoisotopic (exact) mass is 294 g/mol. The first-order chi connectivity index (χ1) is 9.19. The van der Waals surface area contributed by atoms with Crippen LogP contribution >= 0.6 is 11.6 Å². The minimum atomic E-state index is 0.127. The first-order valence-corrected chi connectivity index (χ1v) is 7.88. The van der Waals surface area contributed by atoms with Crippen LogP contribution in [0.2, 0.25) is 5.02 Å². The molecule has 0 aliphatic carbocycles. The van der Waals surface area contributed by atoms with Crippen LogP contribution in [-0.2, 0) is 6.54 Å². The fraction of sp³-hybridized carbons (Fsp3) is 0.647. The van der Waals surface area contributed by atoms with E-state index in [9.17, 15) is 0 Å². The van der Waals surface area contributed by atoms with Gasteiger partial charge in [-0.3, -0.25) is 0 Å². The van der Waals surface area contributed by atoms with Crippen LogP contribution in [0.4, 0.5) is 5.69 Å². The predicted octanol–water partition coefficient (Wildman–Crippen LogP) is 4.61. The molecule has 0 amide bonds. The highest BCUT2D eigenvalue weighted by molar-refractivity contribution is 6.33. The molecule has 0 bridgehead atoms. The van der Waals surface area contributed by atoms with Crippen LogP contribution in [0.25, 0.3) is 0 Å². The summed E-state index contributed by atoms with van der Waals surface area (Å²) in [4.78, 5) is 2.44. The van der Waals surface area contributed by atoms with E-state index in [4.69, 9.17) is 11.6 Å². The van der Waals surface area contributed by atoms with Crippen LogP contribution in [-0.4, -0.2) is 17.6 Å². The molecule has 0 spiro atoms. The molecule has 1 fully saturated rings. The van der Waals surface area contributed by atoms with Gasteiger partial charge in [0.25, 0.3) is 0 Å². The summed E-state index contributed by atoms with van der Waals surface area (Å²) in [5.41, 5.74) is 2.76. The summed E-state index contributed by atoms with van der Waals surface area (Å²) in [6, 6.07) is 6.47. The molecule has 1 heterocycles. The molecule has 0 saturated carbocycles. The van der Waals surface area contributed by atoms with Crippen molar-refractivity contribution in [3.05, 3.63) is 28.8 Å². The molecule has 1 aromatic rings. The third-order valence-corrected chi connectivity index (χ3v) is 4.33. The Balaban J connectivity index is 2.14. The highest BCUT2D eigenvalue weighted by Crippen LogP contribution is 2.37. The summed E-state index contributed by atoms with van der Waals surface area (Å²) in [5, 5.41) is 4.37. The zero-order valence-electron chi connectivity index (χ0n) is 13.4. The summed E-state index contributed by atoms with van der Waals surface area (Å²) < 4.78 is 0.